The van der Waals surface area contributed by atoms with Crippen LogP contribution in [0.1, 0.15) is 17.2 Å². The molecule has 0 spiro atoms. The Morgan fingerprint density at radius 2 is 1.72 bits per heavy atom. The van der Waals surface area contributed by atoms with E-state index in [1.165, 1.54) is 18.2 Å². The maximum atomic E-state index is 13.0. The number of hydrogen-bond acceptors (Lipinski definition) is 1. The lowest BCUT2D eigenvalue weighted by atomic mass is 10.0. The molecule has 0 aromatic heterocycles. The van der Waals surface area contributed by atoms with Crippen LogP contribution < -0.4 is 0 Å². The molecule has 0 radical (unpaired) electrons. The highest BCUT2D eigenvalue weighted by molar-refractivity contribution is 6.31. The van der Waals surface area contributed by atoms with Gasteiger partial charge in [0.2, 0.25) is 0 Å². The molecule has 0 saturated heterocycles. The van der Waals surface area contributed by atoms with Gasteiger partial charge in [-0.25, -0.2) is 4.39 Å². The van der Waals surface area contributed by atoms with Crippen molar-refractivity contribution in [3.63, 3.8) is 0 Å². The van der Waals surface area contributed by atoms with Gasteiger partial charge in [0.25, 0.3) is 0 Å². The minimum absolute atomic E-state index is 0.0163. The number of aliphatic hydroxyl groups is 1. The van der Waals surface area contributed by atoms with Gasteiger partial charge in [-0.2, -0.15) is 0 Å². The molecule has 0 amide bonds. The normalized spacial score (nSPS) is 12.4. The Morgan fingerprint density at radius 1 is 1.06 bits per heavy atom. The summed E-state index contributed by atoms with van der Waals surface area (Å²) in [5.74, 6) is -0.487. The summed E-state index contributed by atoms with van der Waals surface area (Å²) in [5, 5.41) is 10.7. The van der Waals surface area contributed by atoms with E-state index in [9.17, 15) is 9.50 Å². The van der Waals surface area contributed by atoms with E-state index in [1.807, 2.05) is 12.1 Å². The van der Waals surface area contributed by atoms with Crippen LogP contribution >= 0.6 is 23.2 Å². The van der Waals surface area contributed by atoms with Gasteiger partial charge in [-0.3, -0.25) is 0 Å². The fourth-order valence-electron chi connectivity index (χ4n) is 1.68. The van der Waals surface area contributed by atoms with Crippen LogP contribution in [0.15, 0.2) is 42.5 Å². The second kappa shape index (κ2) is 5.70. The summed E-state index contributed by atoms with van der Waals surface area (Å²) in [6, 6.07) is 11.4. The molecule has 0 heterocycles. The van der Waals surface area contributed by atoms with Crippen molar-refractivity contribution in [1.29, 1.82) is 0 Å². The van der Waals surface area contributed by atoms with Gasteiger partial charge in [0.15, 0.2) is 0 Å². The van der Waals surface area contributed by atoms with Crippen molar-refractivity contribution in [2.75, 3.05) is 0 Å². The summed E-state index contributed by atoms with van der Waals surface area (Å²) in [6.45, 7) is 0. The van der Waals surface area contributed by atoms with Crippen molar-refractivity contribution in [3.05, 3.63) is 69.5 Å². The van der Waals surface area contributed by atoms with Gasteiger partial charge in [-0.05, 0) is 35.4 Å². The van der Waals surface area contributed by atoms with Crippen molar-refractivity contribution in [3.8, 4) is 0 Å². The Bertz CT molecular complexity index is 540. The molecule has 4 heteroatoms. The summed E-state index contributed by atoms with van der Waals surface area (Å²) in [6.07, 6.45) is -0.289. The maximum absolute atomic E-state index is 13.0. The lowest BCUT2D eigenvalue weighted by molar-refractivity contribution is 0.178. The maximum Gasteiger partial charge on any atom is 0.141 e. The van der Waals surface area contributed by atoms with E-state index >= 15 is 0 Å². The van der Waals surface area contributed by atoms with E-state index in [0.29, 0.717) is 17.0 Å². The van der Waals surface area contributed by atoms with Gasteiger partial charge in [-0.1, -0.05) is 41.4 Å². The third-order valence-electron chi connectivity index (χ3n) is 2.67. The van der Waals surface area contributed by atoms with E-state index < -0.39 is 11.9 Å². The molecule has 0 aliphatic rings. The molecule has 0 aliphatic heterocycles. The highest BCUT2D eigenvalue weighted by Gasteiger charge is 2.10. The van der Waals surface area contributed by atoms with Crippen LogP contribution in [0, 0.1) is 5.82 Å². The molecular formula is C14H11Cl2FO. The van der Waals surface area contributed by atoms with E-state index in [0.717, 1.165) is 5.56 Å². The number of rotatable bonds is 3. The van der Waals surface area contributed by atoms with E-state index in [1.54, 1.807) is 12.1 Å². The average Bonchev–Trinajstić information content (AvgIpc) is 2.35. The first-order valence-corrected chi connectivity index (χ1v) is 6.19. The van der Waals surface area contributed by atoms with Gasteiger partial charge in [0.05, 0.1) is 11.1 Å². The smallest absolute Gasteiger partial charge is 0.141 e. The Morgan fingerprint density at radius 3 is 2.33 bits per heavy atom. The van der Waals surface area contributed by atoms with Crippen LogP contribution in [0.3, 0.4) is 0 Å². The zero-order valence-electron chi connectivity index (χ0n) is 9.41. The monoisotopic (exact) mass is 284 g/mol. The van der Waals surface area contributed by atoms with Crippen molar-refractivity contribution in [1.82, 2.24) is 0 Å². The molecule has 2 aromatic carbocycles. The molecule has 0 saturated carbocycles. The van der Waals surface area contributed by atoms with Crippen molar-refractivity contribution < 1.29 is 9.50 Å². The molecule has 1 nitrogen and oxygen atoms in total. The predicted octanol–water partition coefficient (Wildman–Crippen LogP) is 4.41. The Balaban J connectivity index is 2.13. The first-order valence-electron chi connectivity index (χ1n) is 5.44. The first kappa shape index (κ1) is 13.3. The van der Waals surface area contributed by atoms with Crippen molar-refractivity contribution in [2.45, 2.75) is 12.5 Å². The minimum Gasteiger partial charge on any atom is -0.388 e. The zero-order valence-corrected chi connectivity index (χ0v) is 10.9. The third kappa shape index (κ3) is 3.22. The SMILES string of the molecule is OC(Cc1ccc(Cl)cc1)c1ccc(F)c(Cl)c1. The van der Waals surface area contributed by atoms with Crippen LogP contribution in [0.5, 0.6) is 0 Å². The largest absolute Gasteiger partial charge is 0.388 e. The molecule has 0 bridgehead atoms. The van der Waals surface area contributed by atoms with Gasteiger partial charge in [-0.15, -0.1) is 0 Å². The molecular weight excluding hydrogens is 274 g/mol. The van der Waals surface area contributed by atoms with E-state index in [4.69, 9.17) is 23.2 Å². The minimum atomic E-state index is -0.718. The van der Waals surface area contributed by atoms with Gasteiger partial charge in [0.1, 0.15) is 5.82 Å². The lowest BCUT2D eigenvalue weighted by Crippen LogP contribution is -2.02. The van der Waals surface area contributed by atoms with Gasteiger partial charge >= 0.3 is 0 Å². The van der Waals surface area contributed by atoms with E-state index in [2.05, 4.69) is 0 Å². The molecule has 18 heavy (non-hydrogen) atoms. The quantitative estimate of drug-likeness (QED) is 0.885. The number of aliphatic hydroxyl groups excluding tert-OH is 1. The number of hydrogen-bond donors (Lipinski definition) is 1. The summed E-state index contributed by atoms with van der Waals surface area (Å²) >= 11 is 11.5. The summed E-state index contributed by atoms with van der Waals surface area (Å²) in [7, 11) is 0. The Kier molecular flexibility index (Phi) is 4.23. The van der Waals surface area contributed by atoms with Crippen LogP contribution in [-0.2, 0) is 6.42 Å². The Labute approximate surface area is 115 Å². The first-order chi connectivity index (χ1) is 8.56. The number of benzene rings is 2. The number of halogens is 3. The molecule has 1 atom stereocenters. The fraction of sp³-hybridized carbons (Fsp3) is 0.143. The predicted molar refractivity (Wildman–Crippen MR) is 71.5 cm³/mol. The zero-order chi connectivity index (χ0) is 13.1. The highest BCUT2D eigenvalue weighted by atomic mass is 35.5. The second-order valence-electron chi connectivity index (χ2n) is 4.02. The van der Waals surface area contributed by atoms with Crippen LogP contribution in [0.2, 0.25) is 10.0 Å². The van der Waals surface area contributed by atoms with Gasteiger partial charge < -0.3 is 5.11 Å². The molecule has 1 N–H and O–H groups in total. The molecule has 94 valence electrons. The van der Waals surface area contributed by atoms with Gasteiger partial charge in [0, 0.05) is 11.4 Å². The van der Waals surface area contributed by atoms with Crippen molar-refractivity contribution in [2.24, 2.45) is 0 Å². The molecule has 2 rings (SSSR count). The molecule has 2 aromatic rings. The highest BCUT2D eigenvalue weighted by Crippen LogP contribution is 2.24. The summed E-state index contributed by atoms with van der Waals surface area (Å²) in [5.41, 5.74) is 1.55. The fourth-order valence-corrected chi connectivity index (χ4v) is 2.00. The summed E-state index contributed by atoms with van der Waals surface area (Å²) < 4.78 is 13.0. The van der Waals surface area contributed by atoms with Crippen LogP contribution in [-0.4, -0.2) is 5.11 Å². The standard InChI is InChI=1S/C14H11Cl2FO/c15-11-4-1-9(2-5-11)7-14(18)10-3-6-13(17)12(16)8-10/h1-6,8,14,18H,7H2. The molecule has 0 aliphatic carbocycles. The van der Waals surface area contributed by atoms with E-state index in [-0.39, 0.29) is 5.02 Å². The molecule has 1 unspecified atom stereocenters. The second-order valence-corrected chi connectivity index (χ2v) is 4.86. The molecule has 0 fully saturated rings. The average molecular weight is 285 g/mol. The third-order valence-corrected chi connectivity index (χ3v) is 3.21. The lowest BCUT2D eigenvalue weighted by Gasteiger charge is -2.11. The van der Waals surface area contributed by atoms with Crippen molar-refractivity contribution >= 4 is 23.2 Å². The van der Waals surface area contributed by atoms with Crippen LogP contribution in [0.25, 0.3) is 0 Å². The Hall–Kier alpha value is -1.09. The topological polar surface area (TPSA) is 20.2 Å². The van der Waals surface area contributed by atoms with Crippen LogP contribution in [0.4, 0.5) is 4.39 Å². The summed E-state index contributed by atoms with van der Waals surface area (Å²) in [4.78, 5) is 0.